The molecule has 9 heterocycles. The number of nitrogens with two attached hydrogens (primary N) is 9. The van der Waals surface area contributed by atoms with Gasteiger partial charge in [-0.3, -0.25) is 33.5 Å². The second-order valence-corrected chi connectivity index (χ2v) is 46.7. The number of carboxylic acid groups (broad SMARTS) is 6. The minimum atomic E-state index is -4.11. The molecule has 1 aliphatic carbocycles. The number of hydrogen-bond donors (Lipinski definition) is 35. The van der Waals surface area contributed by atoms with Crippen molar-refractivity contribution >= 4 is 168 Å². The maximum atomic E-state index is 12.5. The third kappa shape index (κ3) is 36.2. The Balaban J connectivity index is 0.000000300. The van der Waals surface area contributed by atoms with Gasteiger partial charge in [-0.05, 0) is 119 Å². The van der Waals surface area contributed by atoms with Crippen LogP contribution in [0.15, 0.2) is 17.8 Å². The minimum absolute atomic E-state index is 0.0186. The minimum Gasteiger partial charge on any atom is -0.480 e. The Morgan fingerprint density at radius 1 is 0.387 bits per heavy atom. The van der Waals surface area contributed by atoms with Crippen molar-refractivity contribution < 1.29 is 170 Å². The predicted molar refractivity (Wildman–Crippen MR) is 508 cm³/mol. The predicted octanol–water partition coefficient (Wildman–Crippen LogP) is -15.6. The van der Waals surface area contributed by atoms with Crippen molar-refractivity contribution in [1.82, 2.24) is 81.0 Å². The molecule has 3 aromatic heterocycles. The summed E-state index contributed by atoms with van der Waals surface area (Å²) in [6.07, 6.45) is 8.74. The van der Waals surface area contributed by atoms with Crippen LogP contribution in [0.4, 0.5) is 16.9 Å². The van der Waals surface area contributed by atoms with E-state index in [1.165, 1.54) is 12.4 Å². The van der Waals surface area contributed by atoms with Crippen LogP contribution < -0.4 is 79.9 Å². The Hall–Kier alpha value is -7.05. The molecule has 6 aliphatic heterocycles. The number of aromatic amines is 2. The molecule has 3 aromatic rings. The number of tetrazole rings is 1. The van der Waals surface area contributed by atoms with E-state index in [1.807, 2.05) is 0 Å². The maximum Gasteiger partial charge on any atom is 0.451 e. The molecule has 6 saturated heterocycles. The number of rotatable bonds is 53. The number of carbonyl (C=O) groups is 6. The summed E-state index contributed by atoms with van der Waals surface area (Å²) in [4.78, 5) is 72.9. The largest absolute Gasteiger partial charge is 0.480 e. The molecule has 65 nitrogen and oxygen atoms in total. The highest BCUT2D eigenvalue weighted by Gasteiger charge is 2.59. The van der Waals surface area contributed by atoms with Crippen molar-refractivity contribution in [2.24, 2.45) is 92.5 Å². The summed E-state index contributed by atoms with van der Waals surface area (Å²) >= 11 is 1.10. The summed E-state index contributed by atoms with van der Waals surface area (Å²) in [5, 5.41) is 186. The fraction of sp³-hybridized carbons (Fsp3) is 0.812. The molecule has 808 valence electrons. The van der Waals surface area contributed by atoms with Crippen LogP contribution in [0.3, 0.4) is 0 Å². The molecule has 12 atom stereocenters. The van der Waals surface area contributed by atoms with Crippen LogP contribution in [0.25, 0.3) is 0 Å². The highest BCUT2D eigenvalue weighted by Crippen LogP contribution is 2.45. The van der Waals surface area contributed by atoms with Crippen molar-refractivity contribution in [1.29, 1.82) is 0 Å². The summed E-state index contributed by atoms with van der Waals surface area (Å²) in [6.45, 7) is -1.25. The molecule has 0 unspecified atom stereocenters. The van der Waals surface area contributed by atoms with E-state index in [0.29, 0.717) is 64.5 Å². The van der Waals surface area contributed by atoms with Crippen molar-refractivity contribution in [2.75, 3.05) is 132 Å². The zero-order valence-corrected chi connectivity index (χ0v) is 82.8. The van der Waals surface area contributed by atoms with E-state index in [9.17, 15) is 110 Å². The highest BCUT2D eigenvalue weighted by molar-refractivity contribution is 7.91. The van der Waals surface area contributed by atoms with Crippen LogP contribution in [0.5, 0.6) is 0 Å². The zero-order chi connectivity index (χ0) is 107. The lowest BCUT2D eigenvalue weighted by Gasteiger charge is -2.25. The fourth-order valence-corrected chi connectivity index (χ4v) is 24.8. The molecule has 44 N–H and O–H groups in total. The van der Waals surface area contributed by atoms with Crippen molar-refractivity contribution in [3.05, 3.63) is 17.8 Å². The van der Waals surface area contributed by atoms with Gasteiger partial charge in [0.25, 0.3) is 36.6 Å². The average Bonchev–Trinajstić information content (AvgIpc) is 1.68. The van der Waals surface area contributed by atoms with Gasteiger partial charge in [-0.15, -0.1) is 21.5 Å². The van der Waals surface area contributed by atoms with E-state index in [2.05, 4.69) is 69.4 Å². The molecular formula is C64H131B6N29O36S7. The molecule has 7 fully saturated rings. The summed E-state index contributed by atoms with van der Waals surface area (Å²) < 4.78 is 167. The maximum absolute atomic E-state index is 12.5. The Bertz CT molecular complexity index is 4950. The Morgan fingerprint density at radius 2 is 0.676 bits per heavy atom. The van der Waals surface area contributed by atoms with Crippen LogP contribution >= 0.6 is 11.3 Å². The molecule has 0 bridgehead atoms. The van der Waals surface area contributed by atoms with E-state index in [0.717, 1.165) is 50.0 Å². The van der Waals surface area contributed by atoms with E-state index >= 15 is 0 Å². The Morgan fingerprint density at radius 3 is 0.915 bits per heavy atom. The third-order valence-electron chi connectivity index (χ3n) is 25.0. The van der Waals surface area contributed by atoms with Gasteiger partial charge < -0.3 is 143 Å². The Kier molecular flexibility index (Phi) is 47.9. The number of aliphatic carboxylic acids is 6. The van der Waals surface area contributed by atoms with E-state index in [-0.39, 0.29) is 184 Å². The van der Waals surface area contributed by atoms with Gasteiger partial charge in [0.15, 0.2) is 10.9 Å². The first-order valence-corrected chi connectivity index (χ1v) is 53.8. The molecule has 0 aromatic carbocycles. The zero-order valence-electron chi connectivity index (χ0n) is 77.1. The molecular weight excluding hydrogens is 2040 g/mol. The average molecular weight is 2170 g/mol. The first-order chi connectivity index (χ1) is 65.8. The SMILES string of the molecule is NCC1(CNS(=O)(=O)N2C[C@H](CCCB(O)O)[C@](N)(C(=O)O)C2)CC1.NCCCNS(=O)(=O)N1C[C@H](CCCB(O)O)[C@](N)(C(=O)O)C1.NCCNS(=O)(=O)N1C[C@H](CCCB(O)O)[C@](N)(C(=O)O)C1.N[C@@]1(C(=O)O)CN(S(=O)(=O)Nc2cn[nH]n2)C[C@@H]1CCCB(O)O.N[C@@]1(C(=O)O)CN(S(=O)(=O)Nc2nccs2)C[C@@H]1CCCB(O)O.N[C@@]1(C(=O)O)CN(S(=O)(=O)Nc2nn[nH]n2)C[C@@H]1CCCB(O)O. The van der Waals surface area contributed by atoms with E-state index < -0.39 is 222 Å². The van der Waals surface area contributed by atoms with Crippen LogP contribution in [-0.2, 0) is 90.0 Å². The first kappa shape index (κ1) is 125. The van der Waals surface area contributed by atoms with E-state index in [4.69, 9.17) is 112 Å². The number of nitrogens with zero attached hydrogens (tertiary/aromatic N) is 12. The van der Waals surface area contributed by atoms with Gasteiger partial charge in [-0.1, -0.05) is 43.6 Å². The lowest BCUT2D eigenvalue weighted by Crippen LogP contribution is -2.55. The first-order valence-electron chi connectivity index (χ1n) is 44.2. The number of anilines is 3. The summed E-state index contributed by atoms with van der Waals surface area (Å²) in [7, 11) is -32.6. The third-order valence-corrected chi connectivity index (χ3v) is 34.6. The summed E-state index contributed by atoms with van der Waals surface area (Å²) in [5.41, 5.74) is 41.3. The molecule has 142 heavy (non-hydrogen) atoms. The van der Waals surface area contributed by atoms with Crippen LogP contribution in [-0.4, -0.2) is 438 Å². The standard InChI is InChI=1S/C13H27BN4O6S.C11H19BN4O6S2.C11H25BN4O6S.C10H19BN6O6S.C10H23BN4O6S.C9H18BN7O6S/c15-7-12(3-4-12)8-17-25(23,24)18-6-10(2-1-5-14(21)22)13(16,9-18)11(19)20;13-11(9(17)18)7-16(6-8(11)2-1-3-12(19)20)24(21,22)15-10-14-4-5-23-10;13-5-2-6-15-23(21,22)16-7-9(3-1-4-12(19)20)11(14,8-16)10(17)18;12-10(9(18)19)6-17(5-7(10)2-1-3-11(20)21)24(22,23)15-8-4-13-16-14-8;12-4-5-14-22(20,21)15-6-8(2-1-3-11(18)19)10(13,7-15)9(16)17;11-9(7(18)19)5-17(4-6(9)2-1-3-10(20)21)24(22,23)14-8-12-15-16-13-8/h10,17,21-22H,1-9,15-16H2,(H,19,20);4-5,8,19-20H,1-3,6-7,13H2,(H,14,15)(H,17,18);9,15,19-20H,1-8,13-14H2,(H,17,18);4,7,20-21H,1-3,5-6,12H2,(H,18,19)(H2,13,14,15,16);8,14,18-19H,1-7,12-13H2,(H,16,17);6,20-21H,1-5,11H2,(H,18,19)(H2,12,13,14,15,16)/t10-,13-;8-,11-;9-,11-;7-,10-;8-,10-;6-,9-/m000000/s1. The van der Waals surface area contributed by atoms with Gasteiger partial charge in [0.05, 0.1) is 6.20 Å². The smallest absolute Gasteiger partial charge is 0.451 e. The molecule has 0 amide bonds. The van der Waals surface area contributed by atoms with Crippen molar-refractivity contribution in [2.45, 2.75) is 167 Å². The number of nitrogens with one attached hydrogen (secondary N) is 8. The molecule has 0 radical (unpaired) electrons. The van der Waals surface area contributed by atoms with Crippen LogP contribution in [0.2, 0.25) is 37.9 Å². The quantitative estimate of drug-likeness (QED) is 0.0184. The number of aromatic nitrogens is 8. The monoisotopic (exact) mass is 2170 g/mol. The second kappa shape index (κ2) is 54.2. The molecule has 10 rings (SSSR count). The van der Waals surface area contributed by atoms with Crippen LogP contribution in [0, 0.1) is 40.9 Å². The topological polar surface area (TPSA) is 1110 Å². The van der Waals surface area contributed by atoms with Gasteiger partial charge in [0, 0.05) is 152 Å². The lowest BCUT2D eigenvalue weighted by molar-refractivity contribution is -0.145. The van der Waals surface area contributed by atoms with Gasteiger partial charge in [0.2, 0.25) is 0 Å². The number of thiazole rings is 1. The highest BCUT2D eigenvalue weighted by atomic mass is 32.2. The number of H-pyrrole nitrogens is 2. The molecule has 78 heteroatoms. The van der Waals surface area contributed by atoms with Crippen molar-refractivity contribution in [3.8, 4) is 0 Å². The van der Waals surface area contributed by atoms with Gasteiger partial charge in [-0.25, -0.2) is 28.6 Å². The second-order valence-electron chi connectivity index (χ2n) is 35.5. The van der Waals surface area contributed by atoms with Crippen LogP contribution in [0.1, 0.15) is 96.3 Å². The number of hydrogen-bond acceptors (Lipinski definition) is 46. The number of carboxylic acids is 6. The van der Waals surface area contributed by atoms with Gasteiger partial charge in [0.1, 0.15) is 33.2 Å². The van der Waals surface area contributed by atoms with Gasteiger partial charge in [-0.2, -0.15) is 91.9 Å². The van der Waals surface area contributed by atoms with Crippen molar-refractivity contribution in [3.63, 3.8) is 0 Å². The normalized spacial score (nSPS) is 25.9. The fourth-order valence-electron chi connectivity index (χ4n) is 16.2. The lowest BCUT2D eigenvalue weighted by atomic mass is 9.78. The Labute approximate surface area is 824 Å². The molecule has 7 aliphatic rings. The van der Waals surface area contributed by atoms with E-state index in [1.54, 1.807) is 5.38 Å². The molecule has 0 spiro atoms. The molecule has 1 saturated carbocycles. The van der Waals surface area contributed by atoms with Gasteiger partial charge >= 0.3 is 109 Å². The summed E-state index contributed by atoms with van der Waals surface area (Å²) in [5.74, 6) is -11.9. The summed E-state index contributed by atoms with van der Waals surface area (Å²) in [6, 6.07) is 0.